The molecule has 1 aromatic carbocycles. The van der Waals surface area contributed by atoms with Crippen molar-refractivity contribution in [2.45, 2.75) is 38.5 Å². The van der Waals surface area contributed by atoms with Gasteiger partial charge in [0, 0.05) is 6.07 Å². The molecule has 0 aliphatic heterocycles. The van der Waals surface area contributed by atoms with E-state index in [0.717, 1.165) is 12.8 Å². The van der Waals surface area contributed by atoms with Crippen molar-refractivity contribution in [3.05, 3.63) is 22.7 Å². The minimum atomic E-state index is -4.70. The fourth-order valence-corrected chi connectivity index (χ4v) is 2.67. The third kappa shape index (κ3) is 4.89. The summed E-state index contributed by atoms with van der Waals surface area (Å²) in [6, 6.07) is 4.40. The highest BCUT2D eigenvalue weighted by Crippen LogP contribution is 2.34. The summed E-state index contributed by atoms with van der Waals surface area (Å²) in [6.07, 6.45) is 1.22. The second-order valence-corrected chi connectivity index (χ2v) is 5.81. The van der Waals surface area contributed by atoms with Gasteiger partial charge in [-0.2, -0.15) is 0 Å². The van der Waals surface area contributed by atoms with Crippen LogP contribution in [-0.2, 0) is 0 Å². The van der Waals surface area contributed by atoms with Crippen LogP contribution >= 0.6 is 15.9 Å². The molecule has 20 heavy (non-hydrogen) atoms. The summed E-state index contributed by atoms with van der Waals surface area (Å²) in [6.45, 7) is 0.549. The van der Waals surface area contributed by atoms with Gasteiger partial charge >= 0.3 is 6.36 Å². The standard InChI is InChI=1S/C14H16BrF3O2/c15-12-7-6-11(8-13(12)20-14(16,17)18)19-9-10-4-2-1-3-5-10/h6-8,10H,1-5,9H2. The number of benzene rings is 1. The van der Waals surface area contributed by atoms with Crippen LogP contribution in [0.1, 0.15) is 32.1 Å². The Morgan fingerprint density at radius 3 is 2.50 bits per heavy atom. The van der Waals surface area contributed by atoms with Crippen LogP contribution in [-0.4, -0.2) is 13.0 Å². The van der Waals surface area contributed by atoms with Gasteiger partial charge in [-0.25, -0.2) is 0 Å². The normalized spacial score (nSPS) is 17.0. The fourth-order valence-electron chi connectivity index (χ4n) is 2.34. The first kappa shape index (κ1) is 15.5. The third-order valence-corrected chi connectivity index (χ3v) is 3.99. The molecule has 0 saturated heterocycles. The lowest BCUT2D eigenvalue weighted by atomic mass is 9.90. The van der Waals surface area contributed by atoms with Crippen LogP contribution in [0.2, 0.25) is 0 Å². The molecule has 112 valence electrons. The van der Waals surface area contributed by atoms with Crippen molar-refractivity contribution in [3.8, 4) is 11.5 Å². The molecule has 1 fully saturated rings. The van der Waals surface area contributed by atoms with Crippen LogP contribution in [0.5, 0.6) is 11.5 Å². The van der Waals surface area contributed by atoms with E-state index in [-0.39, 0.29) is 10.2 Å². The molecule has 6 heteroatoms. The van der Waals surface area contributed by atoms with Crippen LogP contribution < -0.4 is 9.47 Å². The maximum atomic E-state index is 12.2. The van der Waals surface area contributed by atoms with E-state index in [1.54, 1.807) is 6.07 Å². The first-order valence-corrected chi connectivity index (χ1v) is 7.41. The van der Waals surface area contributed by atoms with Gasteiger partial charge in [-0.3, -0.25) is 0 Å². The van der Waals surface area contributed by atoms with Crippen molar-refractivity contribution in [2.75, 3.05) is 6.61 Å². The average molecular weight is 353 g/mol. The van der Waals surface area contributed by atoms with E-state index in [1.807, 2.05) is 0 Å². The maximum Gasteiger partial charge on any atom is 0.573 e. The molecular formula is C14H16BrF3O2. The van der Waals surface area contributed by atoms with E-state index in [9.17, 15) is 13.2 Å². The molecule has 1 aliphatic rings. The van der Waals surface area contributed by atoms with Crippen molar-refractivity contribution in [3.63, 3.8) is 0 Å². The summed E-state index contributed by atoms with van der Waals surface area (Å²) >= 11 is 3.03. The van der Waals surface area contributed by atoms with E-state index < -0.39 is 6.36 Å². The Labute approximate surface area is 124 Å². The van der Waals surface area contributed by atoms with Crippen LogP contribution in [0, 0.1) is 5.92 Å². The molecule has 1 aliphatic carbocycles. The zero-order chi connectivity index (χ0) is 14.6. The van der Waals surface area contributed by atoms with Gasteiger partial charge in [0.2, 0.25) is 0 Å². The Hall–Kier alpha value is -0.910. The van der Waals surface area contributed by atoms with Crippen molar-refractivity contribution in [1.29, 1.82) is 0 Å². The van der Waals surface area contributed by atoms with Gasteiger partial charge < -0.3 is 9.47 Å². The Kier molecular flexibility index (Phi) is 5.18. The fraction of sp³-hybridized carbons (Fsp3) is 0.571. The molecule has 0 amide bonds. The first-order valence-electron chi connectivity index (χ1n) is 6.62. The largest absolute Gasteiger partial charge is 0.573 e. The first-order chi connectivity index (χ1) is 9.44. The smallest absolute Gasteiger partial charge is 0.493 e. The van der Waals surface area contributed by atoms with Gasteiger partial charge in [0.1, 0.15) is 11.5 Å². The molecule has 1 saturated carbocycles. The monoisotopic (exact) mass is 352 g/mol. The number of rotatable bonds is 4. The van der Waals surface area contributed by atoms with Crippen molar-refractivity contribution < 1.29 is 22.6 Å². The highest BCUT2D eigenvalue weighted by molar-refractivity contribution is 9.10. The summed E-state index contributed by atoms with van der Waals surface area (Å²) in [5, 5.41) is 0. The molecule has 0 N–H and O–H groups in total. The summed E-state index contributed by atoms with van der Waals surface area (Å²) in [4.78, 5) is 0. The zero-order valence-electron chi connectivity index (χ0n) is 10.9. The predicted octanol–water partition coefficient (Wildman–Crippen LogP) is 5.31. The molecule has 0 unspecified atom stereocenters. The molecule has 0 radical (unpaired) electrons. The lowest BCUT2D eigenvalue weighted by Crippen LogP contribution is -2.18. The molecule has 0 aromatic heterocycles. The Morgan fingerprint density at radius 1 is 1.15 bits per heavy atom. The Morgan fingerprint density at radius 2 is 1.85 bits per heavy atom. The zero-order valence-corrected chi connectivity index (χ0v) is 12.5. The summed E-state index contributed by atoms with van der Waals surface area (Å²) in [5.41, 5.74) is 0. The summed E-state index contributed by atoms with van der Waals surface area (Å²) in [7, 11) is 0. The maximum absolute atomic E-state index is 12.2. The highest BCUT2D eigenvalue weighted by Gasteiger charge is 2.32. The molecule has 0 atom stereocenters. The van der Waals surface area contributed by atoms with Crippen LogP contribution in [0.25, 0.3) is 0 Å². The van der Waals surface area contributed by atoms with Crippen molar-refractivity contribution >= 4 is 15.9 Å². The quantitative estimate of drug-likeness (QED) is 0.731. The second-order valence-electron chi connectivity index (χ2n) is 4.96. The minimum Gasteiger partial charge on any atom is -0.493 e. The number of ether oxygens (including phenoxy) is 2. The van der Waals surface area contributed by atoms with Crippen LogP contribution in [0.4, 0.5) is 13.2 Å². The second kappa shape index (κ2) is 6.70. The number of hydrogen-bond acceptors (Lipinski definition) is 2. The van der Waals surface area contributed by atoms with Crippen LogP contribution in [0.3, 0.4) is 0 Å². The van der Waals surface area contributed by atoms with Crippen molar-refractivity contribution in [2.24, 2.45) is 5.92 Å². The molecule has 0 spiro atoms. The van der Waals surface area contributed by atoms with Gasteiger partial charge in [0.25, 0.3) is 0 Å². The highest BCUT2D eigenvalue weighted by atomic mass is 79.9. The lowest BCUT2D eigenvalue weighted by Gasteiger charge is -2.22. The van der Waals surface area contributed by atoms with E-state index in [1.165, 1.54) is 31.4 Å². The number of hydrogen-bond donors (Lipinski definition) is 0. The SMILES string of the molecule is FC(F)(F)Oc1cc(OCC2CCCCC2)ccc1Br. The Bertz CT molecular complexity index is 443. The van der Waals surface area contributed by atoms with E-state index in [2.05, 4.69) is 20.7 Å². The Balaban J connectivity index is 1.96. The predicted molar refractivity (Wildman–Crippen MR) is 72.9 cm³/mol. The lowest BCUT2D eigenvalue weighted by molar-refractivity contribution is -0.274. The van der Waals surface area contributed by atoms with Gasteiger partial charge in [-0.1, -0.05) is 19.3 Å². The summed E-state index contributed by atoms with van der Waals surface area (Å²) in [5.74, 6) is 0.621. The van der Waals surface area contributed by atoms with Gasteiger partial charge in [-0.05, 0) is 46.8 Å². The van der Waals surface area contributed by atoms with Crippen molar-refractivity contribution in [1.82, 2.24) is 0 Å². The van der Waals surface area contributed by atoms with E-state index in [0.29, 0.717) is 18.3 Å². The molecule has 0 bridgehead atoms. The minimum absolute atomic E-state index is 0.250. The number of halogens is 4. The van der Waals surface area contributed by atoms with E-state index >= 15 is 0 Å². The molecule has 0 heterocycles. The van der Waals surface area contributed by atoms with Gasteiger partial charge in [-0.15, -0.1) is 13.2 Å². The summed E-state index contributed by atoms with van der Waals surface area (Å²) < 4.78 is 46.5. The molecule has 2 rings (SSSR count). The topological polar surface area (TPSA) is 18.5 Å². The third-order valence-electron chi connectivity index (χ3n) is 3.34. The van der Waals surface area contributed by atoms with Gasteiger partial charge in [0.05, 0.1) is 11.1 Å². The van der Waals surface area contributed by atoms with Gasteiger partial charge in [0.15, 0.2) is 0 Å². The molecule has 1 aromatic rings. The van der Waals surface area contributed by atoms with Crippen LogP contribution in [0.15, 0.2) is 22.7 Å². The molecule has 2 nitrogen and oxygen atoms in total. The molecular weight excluding hydrogens is 337 g/mol. The average Bonchev–Trinajstić information content (AvgIpc) is 2.39. The number of alkyl halides is 3. The van der Waals surface area contributed by atoms with E-state index in [4.69, 9.17) is 4.74 Å².